The lowest BCUT2D eigenvalue weighted by atomic mass is 10.1. The molecular weight excluding hydrogens is 404 g/mol. The Hall–Kier alpha value is -3.39. The number of hydrogen-bond donors (Lipinski definition) is 1. The molecule has 1 aliphatic rings. The highest BCUT2D eigenvalue weighted by Crippen LogP contribution is 2.37. The number of nitrogens with one attached hydrogen (secondary N) is 1. The van der Waals surface area contributed by atoms with Crippen LogP contribution in [0.25, 0.3) is 11.3 Å². The number of nitrogens with zero attached hydrogens (tertiary/aromatic N) is 1. The summed E-state index contributed by atoms with van der Waals surface area (Å²) in [5.74, 6) is -0.332. The zero-order valence-electron chi connectivity index (χ0n) is 16.3. The van der Waals surface area contributed by atoms with Gasteiger partial charge in [0, 0.05) is 35.2 Å². The topological polar surface area (TPSA) is 88.8 Å². The molecule has 2 amide bonds. The Kier molecular flexibility index (Phi) is 5.67. The Bertz CT molecular complexity index is 1090. The van der Waals surface area contributed by atoms with E-state index in [1.54, 1.807) is 47.5 Å². The molecular formula is C22H20N2O5S. The van der Waals surface area contributed by atoms with Gasteiger partial charge in [-0.25, -0.2) is 4.79 Å². The number of furan rings is 1. The van der Waals surface area contributed by atoms with Crippen molar-refractivity contribution < 1.29 is 23.5 Å². The van der Waals surface area contributed by atoms with Gasteiger partial charge >= 0.3 is 5.97 Å². The quantitative estimate of drug-likeness (QED) is 0.586. The van der Waals surface area contributed by atoms with Crippen LogP contribution in [0.4, 0.5) is 10.7 Å². The number of carbonyl (C=O) groups is 3. The van der Waals surface area contributed by atoms with E-state index >= 15 is 0 Å². The molecule has 8 heteroatoms. The van der Waals surface area contributed by atoms with Crippen LogP contribution in [0, 0.1) is 0 Å². The van der Waals surface area contributed by atoms with E-state index in [1.165, 1.54) is 17.6 Å². The monoisotopic (exact) mass is 424 g/mol. The Morgan fingerprint density at radius 1 is 1.27 bits per heavy atom. The molecule has 0 spiro atoms. The summed E-state index contributed by atoms with van der Waals surface area (Å²) in [6.07, 6.45) is 2.85. The molecule has 0 atom stereocenters. The summed E-state index contributed by atoms with van der Waals surface area (Å²) in [4.78, 5) is 39.2. The summed E-state index contributed by atoms with van der Waals surface area (Å²) in [6.45, 7) is 2.58. The third kappa shape index (κ3) is 3.86. The molecule has 3 heterocycles. The summed E-state index contributed by atoms with van der Waals surface area (Å²) >= 11 is 1.22. The lowest BCUT2D eigenvalue weighted by Gasteiger charge is -2.16. The number of rotatable bonds is 6. The minimum absolute atomic E-state index is 0.0542. The zero-order chi connectivity index (χ0) is 21.1. The van der Waals surface area contributed by atoms with Gasteiger partial charge in [-0.3, -0.25) is 9.59 Å². The van der Waals surface area contributed by atoms with E-state index in [9.17, 15) is 14.4 Å². The zero-order valence-corrected chi connectivity index (χ0v) is 17.2. The highest BCUT2D eigenvalue weighted by Gasteiger charge is 2.25. The molecule has 0 radical (unpaired) electrons. The van der Waals surface area contributed by atoms with Crippen molar-refractivity contribution in [3.63, 3.8) is 0 Å². The van der Waals surface area contributed by atoms with Crippen molar-refractivity contribution in [2.75, 3.05) is 23.4 Å². The predicted octanol–water partition coefficient (Wildman–Crippen LogP) is 4.56. The Morgan fingerprint density at radius 3 is 2.83 bits per heavy atom. The van der Waals surface area contributed by atoms with Gasteiger partial charge in [0.15, 0.2) is 0 Å². The molecule has 7 nitrogen and oxygen atoms in total. The Labute approximate surface area is 177 Å². The Balaban J connectivity index is 1.62. The second-order valence-corrected chi connectivity index (χ2v) is 7.58. The fourth-order valence-electron chi connectivity index (χ4n) is 3.38. The van der Waals surface area contributed by atoms with Crippen LogP contribution in [0.1, 0.15) is 40.5 Å². The second-order valence-electron chi connectivity index (χ2n) is 6.70. The summed E-state index contributed by atoms with van der Waals surface area (Å²) in [5, 5.41) is 4.94. The molecule has 154 valence electrons. The number of ether oxygens (including phenoxy) is 1. The maximum atomic E-state index is 12.9. The van der Waals surface area contributed by atoms with E-state index in [1.807, 2.05) is 6.07 Å². The van der Waals surface area contributed by atoms with Crippen LogP contribution in [0.3, 0.4) is 0 Å². The highest BCUT2D eigenvalue weighted by atomic mass is 32.1. The largest absolute Gasteiger partial charge is 0.464 e. The van der Waals surface area contributed by atoms with Crippen LogP contribution in [0.5, 0.6) is 0 Å². The highest BCUT2D eigenvalue weighted by molar-refractivity contribution is 7.15. The normalized spacial score (nSPS) is 13.5. The third-order valence-electron chi connectivity index (χ3n) is 4.78. The van der Waals surface area contributed by atoms with E-state index < -0.39 is 5.97 Å². The molecule has 1 fully saturated rings. The minimum atomic E-state index is -0.531. The summed E-state index contributed by atoms with van der Waals surface area (Å²) in [7, 11) is 0. The van der Waals surface area contributed by atoms with E-state index in [0.29, 0.717) is 40.5 Å². The van der Waals surface area contributed by atoms with Crippen molar-refractivity contribution in [3.05, 3.63) is 59.2 Å². The maximum Gasteiger partial charge on any atom is 0.341 e. The first-order chi connectivity index (χ1) is 14.6. The number of esters is 1. The van der Waals surface area contributed by atoms with Gasteiger partial charge in [0.2, 0.25) is 5.91 Å². The van der Waals surface area contributed by atoms with Crippen LogP contribution in [0.15, 0.2) is 52.5 Å². The standard InChI is InChI=1S/C22H20N2O5S/c1-2-28-22(27)19-16(17-8-5-11-29-17)13-30-21(19)23-20(26)14-6-3-7-15(12-14)24-10-4-9-18(24)25/h3,5-8,11-13H,2,4,9-10H2,1H3,(H,23,26). The SMILES string of the molecule is CCOC(=O)c1c(-c2ccco2)csc1NC(=O)c1cccc(N2CCCC2=O)c1. The molecule has 0 saturated carbocycles. The van der Waals surface area contributed by atoms with Crippen molar-refractivity contribution in [1.82, 2.24) is 0 Å². The number of thiophene rings is 1. The van der Waals surface area contributed by atoms with Crippen molar-refractivity contribution in [2.45, 2.75) is 19.8 Å². The molecule has 30 heavy (non-hydrogen) atoms. The summed E-state index contributed by atoms with van der Waals surface area (Å²) in [5.41, 5.74) is 1.92. The van der Waals surface area contributed by atoms with E-state index in [2.05, 4.69) is 5.32 Å². The van der Waals surface area contributed by atoms with Gasteiger partial charge in [-0.15, -0.1) is 11.3 Å². The summed E-state index contributed by atoms with van der Waals surface area (Å²) < 4.78 is 10.6. The number of anilines is 2. The molecule has 3 aromatic rings. The van der Waals surface area contributed by atoms with E-state index in [0.717, 1.165) is 6.42 Å². The van der Waals surface area contributed by atoms with E-state index in [4.69, 9.17) is 9.15 Å². The first-order valence-corrected chi connectivity index (χ1v) is 10.5. The molecule has 1 aliphatic heterocycles. The van der Waals surface area contributed by atoms with Crippen LogP contribution in [-0.4, -0.2) is 30.9 Å². The molecule has 0 bridgehead atoms. The Morgan fingerprint density at radius 2 is 2.13 bits per heavy atom. The van der Waals surface area contributed by atoms with Crippen LogP contribution in [-0.2, 0) is 9.53 Å². The van der Waals surface area contributed by atoms with Crippen LogP contribution in [0.2, 0.25) is 0 Å². The van der Waals surface area contributed by atoms with Gasteiger partial charge in [-0.05, 0) is 43.7 Å². The first kappa shape index (κ1) is 19.9. The second kappa shape index (κ2) is 8.54. The lowest BCUT2D eigenvalue weighted by Crippen LogP contribution is -2.24. The molecule has 1 N–H and O–H groups in total. The fourth-order valence-corrected chi connectivity index (χ4v) is 4.31. The number of hydrogen-bond acceptors (Lipinski definition) is 6. The predicted molar refractivity (Wildman–Crippen MR) is 114 cm³/mol. The molecule has 0 aliphatic carbocycles. The molecule has 2 aromatic heterocycles. The van der Waals surface area contributed by atoms with Crippen molar-refractivity contribution in [1.29, 1.82) is 0 Å². The van der Waals surface area contributed by atoms with Gasteiger partial charge < -0.3 is 19.4 Å². The average molecular weight is 424 g/mol. The minimum Gasteiger partial charge on any atom is -0.464 e. The van der Waals surface area contributed by atoms with Gasteiger partial charge in [0.05, 0.1) is 12.9 Å². The number of amides is 2. The first-order valence-electron chi connectivity index (χ1n) is 9.62. The average Bonchev–Trinajstić information content (AvgIpc) is 3.48. The van der Waals surface area contributed by atoms with Gasteiger partial charge in [0.25, 0.3) is 5.91 Å². The van der Waals surface area contributed by atoms with Crippen molar-refractivity contribution >= 4 is 39.8 Å². The van der Waals surface area contributed by atoms with E-state index in [-0.39, 0.29) is 24.0 Å². The third-order valence-corrected chi connectivity index (χ3v) is 5.67. The molecule has 1 saturated heterocycles. The van der Waals surface area contributed by atoms with Gasteiger partial charge in [-0.2, -0.15) is 0 Å². The van der Waals surface area contributed by atoms with Crippen molar-refractivity contribution in [2.24, 2.45) is 0 Å². The molecule has 1 aromatic carbocycles. The van der Waals surface area contributed by atoms with Gasteiger partial charge in [-0.1, -0.05) is 6.07 Å². The van der Waals surface area contributed by atoms with Crippen LogP contribution < -0.4 is 10.2 Å². The smallest absolute Gasteiger partial charge is 0.341 e. The fraction of sp³-hybridized carbons (Fsp3) is 0.227. The maximum absolute atomic E-state index is 12.9. The molecule has 0 unspecified atom stereocenters. The molecule has 4 rings (SSSR count). The van der Waals surface area contributed by atoms with Gasteiger partial charge in [0.1, 0.15) is 16.3 Å². The summed E-state index contributed by atoms with van der Waals surface area (Å²) in [6, 6.07) is 10.4. The lowest BCUT2D eigenvalue weighted by molar-refractivity contribution is -0.117. The van der Waals surface area contributed by atoms with Crippen LogP contribution >= 0.6 is 11.3 Å². The number of benzene rings is 1. The van der Waals surface area contributed by atoms with Crippen molar-refractivity contribution in [3.8, 4) is 11.3 Å². The number of carbonyl (C=O) groups excluding carboxylic acids is 3.